The third kappa shape index (κ3) is 67.7. The van der Waals surface area contributed by atoms with E-state index in [-0.39, 0.29) is 32.2 Å². The second kappa shape index (κ2) is 67.1. The zero-order chi connectivity index (χ0) is 62.6. The Morgan fingerprint density at radius 3 is 0.988 bits per heavy atom. The number of likely N-dealkylation sites (N-methyl/N-ethyl adjacent to an activating group) is 1. The molecular formula is C77H136NO8+. The lowest BCUT2D eigenvalue weighted by Crippen LogP contribution is -2.40. The predicted octanol–water partition coefficient (Wildman–Crippen LogP) is 22.4. The Bertz CT molecular complexity index is 1730. The van der Waals surface area contributed by atoms with Crippen LogP contribution in [0.2, 0.25) is 0 Å². The average molecular weight is 1200 g/mol. The van der Waals surface area contributed by atoms with Crippen LogP contribution in [0, 0.1) is 0 Å². The molecule has 0 saturated carbocycles. The molecule has 0 heterocycles. The van der Waals surface area contributed by atoms with Crippen LogP contribution in [0.4, 0.5) is 0 Å². The molecule has 0 bridgehead atoms. The number of hydrogen-bond donors (Lipinski definition) is 1. The summed E-state index contributed by atoms with van der Waals surface area (Å²) >= 11 is 0. The minimum atomic E-state index is -1.51. The van der Waals surface area contributed by atoms with E-state index < -0.39 is 24.3 Å². The number of carboxylic acid groups (broad SMARTS) is 1. The van der Waals surface area contributed by atoms with E-state index in [4.69, 9.17) is 18.9 Å². The Kier molecular flexibility index (Phi) is 64.2. The number of unbranched alkanes of at least 4 members (excludes halogenated alkanes) is 35. The number of nitrogens with zero attached hydrogens (tertiary/aromatic N) is 1. The van der Waals surface area contributed by atoms with Crippen LogP contribution >= 0.6 is 0 Å². The lowest BCUT2D eigenvalue weighted by Gasteiger charge is -2.25. The smallest absolute Gasteiger partial charge is 0.361 e. The SMILES string of the molecule is CC/C=C\C/C=C\C/C=C\C/C=C\C/C=C\C/C=C\C/C=C\C/C=C\CCCCCCCCCCCCCCCCCCC(=O)OC(COC(=O)CCCCCCCCCCCCCCCCCCCCCC)COC(OCC[N+](C)(C)C)C(=O)O. The Labute approximate surface area is 531 Å². The number of quaternary nitrogens is 1. The first-order chi connectivity index (χ1) is 42.1. The maximum atomic E-state index is 12.9. The molecular weight excluding hydrogens is 1070 g/mol. The van der Waals surface area contributed by atoms with Crippen molar-refractivity contribution in [2.75, 3.05) is 47.5 Å². The van der Waals surface area contributed by atoms with Crippen LogP contribution in [-0.4, -0.2) is 87.4 Å². The normalized spacial score (nSPS) is 13.3. The molecule has 0 aliphatic heterocycles. The van der Waals surface area contributed by atoms with Crippen molar-refractivity contribution in [3.05, 3.63) is 97.2 Å². The largest absolute Gasteiger partial charge is 0.477 e. The maximum Gasteiger partial charge on any atom is 0.361 e. The van der Waals surface area contributed by atoms with Gasteiger partial charge in [0, 0.05) is 12.8 Å². The molecule has 0 aromatic carbocycles. The molecule has 86 heavy (non-hydrogen) atoms. The van der Waals surface area contributed by atoms with Crippen molar-refractivity contribution in [1.29, 1.82) is 0 Å². The summed E-state index contributed by atoms with van der Waals surface area (Å²) in [5.74, 6) is -1.99. The van der Waals surface area contributed by atoms with E-state index in [1.165, 1.54) is 199 Å². The Morgan fingerprint density at radius 1 is 0.360 bits per heavy atom. The second-order valence-electron chi connectivity index (χ2n) is 25.2. The molecule has 0 aliphatic rings. The topological polar surface area (TPSA) is 108 Å². The fourth-order valence-corrected chi connectivity index (χ4v) is 10.2. The van der Waals surface area contributed by atoms with Crippen LogP contribution in [-0.2, 0) is 33.3 Å². The number of aliphatic carboxylic acids is 1. The molecule has 0 rings (SSSR count). The average Bonchev–Trinajstić information content (AvgIpc) is 3.63. The second-order valence-corrected chi connectivity index (χ2v) is 25.2. The molecule has 0 spiro atoms. The summed E-state index contributed by atoms with van der Waals surface area (Å²) in [5.41, 5.74) is 0. The molecule has 0 aliphatic carbocycles. The minimum Gasteiger partial charge on any atom is -0.477 e. The third-order valence-corrected chi connectivity index (χ3v) is 15.6. The molecule has 2 atom stereocenters. The van der Waals surface area contributed by atoms with Crippen LogP contribution in [0.1, 0.15) is 316 Å². The summed E-state index contributed by atoms with van der Waals surface area (Å²) in [6.45, 7) is 4.81. The van der Waals surface area contributed by atoms with Gasteiger partial charge in [-0.05, 0) is 77.0 Å². The predicted molar refractivity (Wildman–Crippen MR) is 369 cm³/mol. The van der Waals surface area contributed by atoms with E-state index >= 15 is 0 Å². The van der Waals surface area contributed by atoms with Gasteiger partial charge in [-0.3, -0.25) is 9.59 Å². The third-order valence-electron chi connectivity index (χ3n) is 15.6. The highest BCUT2D eigenvalue weighted by Gasteiger charge is 2.25. The van der Waals surface area contributed by atoms with E-state index in [0.717, 1.165) is 89.9 Å². The van der Waals surface area contributed by atoms with E-state index in [0.29, 0.717) is 17.4 Å². The standard InChI is InChI=1S/C77H135NO8/c1-6-8-10-12-14-16-18-20-22-24-26-28-29-30-31-32-33-34-35-36-37-38-39-40-41-42-43-44-45-46-47-48-50-52-54-56-58-60-62-64-66-68-75(80)86-73(72-85-77(76(81)82)83-70-69-78(3,4)5)71-84-74(79)67-65-63-61-59-57-55-53-51-49-27-25-23-21-19-17-15-13-11-9-7-2/h8,10,14,16,20,22,26,28,30-31,33-34,36-37,39-40,73,77H,6-7,9,11-13,15,17-19,21,23-25,27,29,32,35,38,41-72H2,1-5H3/p+1/b10-8-,16-14-,22-20-,28-26-,31-30-,34-33-,37-36-,40-39-. The zero-order valence-corrected chi connectivity index (χ0v) is 56.7. The van der Waals surface area contributed by atoms with Crippen molar-refractivity contribution < 1.29 is 42.9 Å². The van der Waals surface area contributed by atoms with Gasteiger partial charge >= 0.3 is 17.9 Å². The summed E-state index contributed by atoms with van der Waals surface area (Å²) in [5, 5.41) is 9.74. The first-order valence-corrected chi connectivity index (χ1v) is 35.9. The van der Waals surface area contributed by atoms with Gasteiger partial charge < -0.3 is 28.5 Å². The van der Waals surface area contributed by atoms with Gasteiger partial charge in [0.25, 0.3) is 6.29 Å². The molecule has 0 aromatic rings. The number of carbonyl (C=O) groups excluding carboxylic acids is 2. The first-order valence-electron chi connectivity index (χ1n) is 35.9. The van der Waals surface area contributed by atoms with Gasteiger partial charge in [-0.25, -0.2) is 4.79 Å². The van der Waals surface area contributed by atoms with E-state index in [1.807, 2.05) is 21.1 Å². The number of carbonyl (C=O) groups is 3. The Balaban J connectivity index is 4.04. The summed E-state index contributed by atoms with van der Waals surface area (Å²) in [6, 6.07) is 0. The summed E-state index contributed by atoms with van der Waals surface area (Å²) in [4.78, 5) is 37.6. The summed E-state index contributed by atoms with van der Waals surface area (Å²) in [6.07, 6.45) is 89.5. The number of rotatable bonds is 66. The van der Waals surface area contributed by atoms with E-state index in [2.05, 4.69) is 111 Å². The molecule has 1 N–H and O–H groups in total. The number of esters is 2. The molecule has 496 valence electrons. The van der Waals surface area contributed by atoms with Gasteiger partial charge in [-0.15, -0.1) is 0 Å². The van der Waals surface area contributed by atoms with Crippen LogP contribution in [0.3, 0.4) is 0 Å². The minimum absolute atomic E-state index is 0.180. The maximum absolute atomic E-state index is 12.9. The van der Waals surface area contributed by atoms with Gasteiger partial charge in [-0.1, -0.05) is 323 Å². The van der Waals surface area contributed by atoms with E-state index in [1.54, 1.807) is 0 Å². The molecule has 9 nitrogen and oxygen atoms in total. The van der Waals surface area contributed by atoms with Gasteiger partial charge in [-0.2, -0.15) is 0 Å². The fourth-order valence-electron chi connectivity index (χ4n) is 10.2. The van der Waals surface area contributed by atoms with Crippen molar-refractivity contribution >= 4 is 17.9 Å². The van der Waals surface area contributed by atoms with Crippen molar-refractivity contribution in [2.45, 2.75) is 328 Å². The number of ether oxygens (including phenoxy) is 4. The van der Waals surface area contributed by atoms with Crippen LogP contribution in [0.15, 0.2) is 97.2 Å². The Morgan fingerprint density at radius 2 is 0.663 bits per heavy atom. The van der Waals surface area contributed by atoms with Crippen molar-refractivity contribution in [3.63, 3.8) is 0 Å². The molecule has 0 fully saturated rings. The molecule has 2 unspecified atom stereocenters. The molecule has 0 saturated heterocycles. The monoisotopic (exact) mass is 1200 g/mol. The zero-order valence-electron chi connectivity index (χ0n) is 56.7. The Hall–Kier alpha value is -3.79. The van der Waals surface area contributed by atoms with E-state index in [9.17, 15) is 19.5 Å². The van der Waals surface area contributed by atoms with Gasteiger partial charge in [0.1, 0.15) is 13.2 Å². The molecule has 0 amide bonds. The van der Waals surface area contributed by atoms with Crippen LogP contribution in [0.25, 0.3) is 0 Å². The lowest BCUT2D eigenvalue weighted by atomic mass is 10.0. The highest BCUT2D eigenvalue weighted by molar-refractivity contribution is 5.71. The van der Waals surface area contributed by atoms with Crippen molar-refractivity contribution in [1.82, 2.24) is 0 Å². The number of carboxylic acids is 1. The van der Waals surface area contributed by atoms with Crippen LogP contribution in [0.5, 0.6) is 0 Å². The first kappa shape index (κ1) is 82.2. The highest BCUT2D eigenvalue weighted by atomic mass is 16.7. The quantitative estimate of drug-likeness (QED) is 0.0211. The van der Waals surface area contributed by atoms with Gasteiger partial charge in [0.05, 0.1) is 34.4 Å². The van der Waals surface area contributed by atoms with Gasteiger partial charge in [0.15, 0.2) is 6.10 Å². The summed E-state index contributed by atoms with van der Waals surface area (Å²) < 4.78 is 23.0. The number of hydrogen-bond acceptors (Lipinski definition) is 7. The van der Waals surface area contributed by atoms with Crippen molar-refractivity contribution in [2.24, 2.45) is 0 Å². The van der Waals surface area contributed by atoms with Crippen LogP contribution < -0.4 is 0 Å². The summed E-state index contributed by atoms with van der Waals surface area (Å²) in [7, 11) is 5.98. The fraction of sp³-hybridized carbons (Fsp3) is 0.753. The lowest BCUT2D eigenvalue weighted by molar-refractivity contribution is -0.870. The highest BCUT2D eigenvalue weighted by Crippen LogP contribution is 2.18. The number of allylic oxidation sites excluding steroid dienone is 16. The molecule has 0 aromatic heterocycles. The van der Waals surface area contributed by atoms with Gasteiger partial charge in [0.2, 0.25) is 0 Å². The van der Waals surface area contributed by atoms with Crippen molar-refractivity contribution in [3.8, 4) is 0 Å². The molecule has 9 heteroatoms. The molecule has 0 radical (unpaired) electrons.